The minimum atomic E-state index is -0.345. The van der Waals surface area contributed by atoms with Crippen molar-refractivity contribution in [2.24, 2.45) is 0 Å². The van der Waals surface area contributed by atoms with Crippen LogP contribution in [0.1, 0.15) is 41.6 Å². The molecule has 2 aromatic carbocycles. The van der Waals surface area contributed by atoms with Gasteiger partial charge in [-0.1, -0.05) is 12.1 Å². The molecule has 7 heteroatoms. The second-order valence-corrected chi connectivity index (χ2v) is 7.83. The van der Waals surface area contributed by atoms with Crippen LogP contribution in [0.4, 0.5) is 21.9 Å². The molecule has 0 atom stereocenters. The summed E-state index contributed by atoms with van der Waals surface area (Å²) in [5.74, 6) is -0.139. The minimum Gasteiger partial charge on any atom is -0.385 e. The fraction of sp³-hybridized carbons (Fsp3) is 0.417. The van der Waals surface area contributed by atoms with Gasteiger partial charge in [0.1, 0.15) is 0 Å². The lowest BCUT2D eigenvalue weighted by Crippen LogP contribution is -2.33. The molecule has 1 heterocycles. The SMILES string of the molecule is COCCCNC(=O)c1cc(NC(=O)Nc2cccc(C)c2)ccc1N1CCCCC1. The summed E-state index contributed by atoms with van der Waals surface area (Å²) in [6.45, 7) is 4.98. The molecule has 0 bridgehead atoms. The molecule has 0 radical (unpaired) electrons. The number of rotatable bonds is 8. The van der Waals surface area contributed by atoms with Crippen LogP contribution in [-0.4, -0.2) is 45.3 Å². The molecular formula is C24H32N4O3. The summed E-state index contributed by atoms with van der Waals surface area (Å²) in [6.07, 6.45) is 4.20. The van der Waals surface area contributed by atoms with Crippen molar-refractivity contribution in [3.8, 4) is 0 Å². The highest BCUT2D eigenvalue weighted by molar-refractivity contribution is 6.04. The molecule has 3 rings (SSSR count). The Labute approximate surface area is 184 Å². The lowest BCUT2D eigenvalue weighted by Gasteiger charge is -2.30. The van der Waals surface area contributed by atoms with Crippen molar-refractivity contribution in [3.05, 3.63) is 53.6 Å². The van der Waals surface area contributed by atoms with Gasteiger partial charge in [-0.3, -0.25) is 4.79 Å². The number of nitrogens with zero attached hydrogens (tertiary/aromatic N) is 1. The third kappa shape index (κ3) is 6.72. The molecule has 0 saturated carbocycles. The third-order valence-electron chi connectivity index (χ3n) is 5.28. The van der Waals surface area contributed by atoms with Crippen LogP contribution >= 0.6 is 0 Å². The molecule has 1 aliphatic rings. The predicted octanol–water partition coefficient (Wildman–Crippen LogP) is 4.40. The Morgan fingerprint density at radius 1 is 1.00 bits per heavy atom. The molecule has 1 fully saturated rings. The first-order chi connectivity index (χ1) is 15.1. The lowest BCUT2D eigenvalue weighted by atomic mass is 10.1. The quantitative estimate of drug-likeness (QED) is 0.549. The standard InChI is InChI=1S/C24H32N4O3/c1-18-8-6-9-19(16-18)26-24(30)27-20-10-11-22(28-13-4-3-5-14-28)21(17-20)23(29)25-12-7-15-31-2/h6,8-11,16-17H,3-5,7,12-15H2,1-2H3,(H,25,29)(H2,26,27,30). The second kappa shape index (κ2) is 11.4. The monoisotopic (exact) mass is 424 g/mol. The molecule has 0 aromatic heterocycles. The van der Waals surface area contributed by atoms with Gasteiger partial charge in [0.25, 0.3) is 5.91 Å². The third-order valence-corrected chi connectivity index (χ3v) is 5.28. The zero-order valence-electron chi connectivity index (χ0n) is 18.4. The lowest BCUT2D eigenvalue weighted by molar-refractivity contribution is 0.0949. The van der Waals surface area contributed by atoms with E-state index in [9.17, 15) is 9.59 Å². The van der Waals surface area contributed by atoms with Crippen molar-refractivity contribution < 1.29 is 14.3 Å². The van der Waals surface area contributed by atoms with E-state index < -0.39 is 0 Å². The first-order valence-corrected chi connectivity index (χ1v) is 10.9. The molecule has 3 amide bonds. The van der Waals surface area contributed by atoms with Crippen LogP contribution in [0, 0.1) is 6.92 Å². The second-order valence-electron chi connectivity index (χ2n) is 7.83. The zero-order valence-corrected chi connectivity index (χ0v) is 18.4. The summed E-state index contributed by atoms with van der Waals surface area (Å²) >= 11 is 0. The van der Waals surface area contributed by atoms with Gasteiger partial charge in [-0.05, 0) is 68.5 Å². The highest BCUT2D eigenvalue weighted by Crippen LogP contribution is 2.27. The van der Waals surface area contributed by atoms with Gasteiger partial charge < -0.3 is 25.6 Å². The molecule has 3 N–H and O–H groups in total. The van der Waals surface area contributed by atoms with E-state index in [1.165, 1.54) is 6.42 Å². The van der Waals surface area contributed by atoms with Crippen molar-refractivity contribution in [2.45, 2.75) is 32.6 Å². The van der Waals surface area contributed by atoms with E-state index >= 15 is 0 Å². The van der Waals surface area contributed by atoms with E-state index in [-0.39, 0.29) is 11.9 Å². The van der Waals surface area contributed by atoms with E-state index in [2.05, 4.69) is 20.9 Å². The summed E-state index contributed by atoms with van der Waals surface area (Å²) < 4.78 is 5.05. The average Bonchev–Trinajstić information content (AvgIpc) is 2.77. The van der Waals surface area contributed by atoms with Gasteiger partial charge in [0, 0.05) is 50.4 Å². The van der Waals surface area contributed by atoms with Crippen LogP contribution in [0.25, 0.3) is 0 Å². The first-order valence-electron chi connectivity index (χ1n) is 10.9. The molecule has 7 nitrogen and oxygen atoms in total. The van der Waals surface area contributed by atoms with Crippen LogP contribution < -0.4 is 20.9 Å². The fourth-order valence-electron chi connectivity index (χ4n) is 3.74. The molecule has 0 aliphatic carbocycles. The van der Waals surface area contributed by atoms with Gasteiger partial charge in [-0.25, -0.2) is 4.79 Å². The first kappa shape index (κ1) is 22.6. The number of benzene rings is 2. The molecule has 0 spiro atoms. The minimum absolute atomic E-state index is 0.139. The highest BCUT2D eigenvalue weighted by atomic mass is 16.5. The Balaban J connectivity index is 1.74. The Hall–Kier alpha value is -3.06. The van der Waals surface area contributed by atoms with E-state index in [1.54, 1.807) is 13.2 Å². The van der Waals surface area contributed by atoms with Crippen molar-refractivity contribution in [2.75, 3.05) is 48.9 Å². The maximum Gasteiger partial charge on any atom is 0.323 e. The van der Waals surface area contributed by atoms with Crippen molar-refractivity contribution >= 4 is 29.0 Å². The van der Waals surface area contributed by atoms with Crippen LogP contribution in [0.2, 0.25) is 0 Å². The predicted molar refractivity (Wildman–Crippen MR) is 125 cm³/mol. The van der Waals surface area contributed by atoms with Gasteiger partial charge in [0.05, 0.1) is 5.56 Å². The number of ether oxygens (including phenoxy) is 1. The maximum atomic E-state index is 12.9. The van der Waals surface area contributed by atoms with Gasteiger partial charge in [0.15, 0.2) is 0 Å². The van der Waals surface area contributed by atoms with E-state index in [1.807, 2.05) is 43.3 Å². The molecule has 1 saturated heterocycles. The number of amides is 3. The number of nitrogens with one attached hydrogen (secondary N) is 3. The molecule has 2 aromatic rings. The van der Waals surface area contributed by atoms with Crippen LogP contribution in [0.5, 0.6) is 0 Å². The topological polar surface area (TPSA) is 82.7 Å². The smallest absolute Gasteiger partial charge is 0.323 e. The van der Waals surface area contributed by atoms with Crippen molar-refractivity contribution in [1.82, 2.24) is 5.32 Å². The molecule has 166 valence electrons. The summed E-state index contributed by atoms with van der Waals surface area (Å²) in [5, 5.41) is 8.64. The summed E-state index contributed by atoms with van der Waals surface area (Å²) in [6, 6.07) is 12.8. The molecule has 1 aliphatic heterocycles. The van der Waals surface area contributed by atoms with Gasteiger partial charge in [-0.15, -0.1) is 0 Å². The van der Waals surface area contributed by atoms with E-state index in [4.69, 9.17) is 4.74 Å². The Kier molecular flexibility index (Phi) is 8.29. The van der Waals surface area contributed by atoms with E-state index in [0.29, 0.717) is 24.4 Å². The van der Waals surface area contributed by atoms with Gasteiger partial charge in [-0.2, -0.15) is 0 Å². The highest BCUT2D eigenvalue weighted by Gasteiger charge is 2.19. The number of anilines is 3. The molecule has 0 unspecified atom stereocenters. The number of carbonyl (C=O) groups excluding carboxylic acids is 2. The van der Waals surface area contributed by atoms with Crippen LogP contribution in [-0.2, 0) is 4.74 Å². The number of carbonyl (C=O) groups is 2. The Morgan fingerprint density at radius 2 is 1.74 bits per heavy atom. The molecule has 31 heavy (non-hydrogen) atoms. The van der Waals surface area contributed by atoms with Crippen molar-refractivity contribution in [1.29, 1.82) is 0 Å². The van der Waals surface area contributed by atoms with Crippen molar-refractivity contribution in [3.63, 3.8) is 0 Å². The number of hydrogen-bond acceptors (Lipinski definition) is 4. The normalized spacial score (nSPS) is 13.5. The van der Waals surface area contributed by atoms with E-state index in [0.717, 1.165) is 49.3 Å². The number of piperidine rings is 1. The summed E-state index contributed by atoms with van der Waals surface area (Å²) in [7, 11) is 1.65. The maximum absolute atomic E-state index is 12.9. The Bertz CT molecular complexity index is 894. The van der Waals surface area contributed by atoms with Crippen LogP contribution in [0.15, 0.2) is 42.5 Å². The fourth-order valence-corrected chi connectivity index (χ4v) is 3.74. The summed E-state index contributed by atoms with van der Waals surface area (Å²) in [4.78, 5) is 27.6. The Morgan fingerprint density at radius 3 is 2.45 bits per heavy atom. The summed E-state index contributed by atoms with van der Waals surface area (Å²) in [5.41, 5.74) is 3.85. The van der Waals surface area contributed by atoms with Gasteiger partial charge >= 0.3 is 6.03 Å². The largest absolute Gasteiger partial charge is 0.385 e. The average molecular weight is 425 g/mol. The number of methoxy groups -OCH3 is 1. The van der Waals surface area contributed by atoms with Crippen LogP contribution in [0.3, 0.4) is 0 Å². The molecular weight excluding hydrogens is 392 g/mol. The number of hydrogen-bond donors (Lipinski definition) is 3. The van der Waals surface area contributed by atoms with Gasteiger partial charge in [0.2, 0.25) is 0 Å². The number of urea groups is 1. The number of aryl methyl sites for hydroxylation is 1. The zero-order chi connectivity index (χ0) is 22.1.